The minimum atomic E-state index is -0.475. The third-order valence-electron chi connectivity index (χ3n) is 3.59. The van der Waals surface area contributed by atoms with Crippen LogP contribution >= 0.6 is 15.9 Å². The van der Waals surface area contributed by atoms with Crippen molar-refractivity contribution in [1.82, 2.24) is 24.6 Å². The van der Waals surface area contributed by atoms with E-state index in [1.807, 2.05) is 6.07 Å². The van der Waals surface area contributed by atoms with Crippen molar-refractivity contribution in [2.45, 2.75) is 6.54 Å². The molecule has 0 radical (unpaired) electrons. The van der Waals surface area contributed by atoms with Crippen LogP contribution in [-0.4, -0.2) is 37.7 Å². The first-order valence-corrected chi connectivity index (χ1v) is 8.44. The van der Waals surface area contributed by atoms with Crippen LogP contribution in [-0.2, 0) is 23.2 Å². The smallest absolute Gasteiger partial charge is 0.266 e. The Balaban J connectivity index is 1.62. The Bertz CT molecular complexity index is 1030. The fourth-order valence-corrected chi connectivity index (χ4v) is 2.95. The molecule has 0 aliphatic rings. The summed E-state index contributed by atoms with van der Waals surface area (Å²) in [5, 5.41) is 9.50. The van der Waals surface area contributed by atoms with Gasteiger partial charge in [-0.05, 0) is 28.1 Å². The average molecular weight is 419 g/mol. The van der Waals surface area contributed by atoms with Gasteiger partial charge in [0.15, 0.2) is 5.65 Å². The molecule has 0 unspecified atom stereocenters. The summed E-state index contributed by atoms with van der Waals surface area (Å²) < 4.78 is 3.00. The van der Waals surface area contributed by atoms with Crippen LogP contribution in [0.4, 0.5) is 5.69 Å². The van der Waals surface area contributed by atoms with Crippen LogP contribution < -0.4 is 16.2 Å². The van der Waals surface area contributed by atoms with Crippen LogP contribution in [0.15, 0.2) is 46.1 Å². The quantitative estimate of drug-likeness (QED) is 0.631. The molecular formula is C16H15BrN6O3. The molecule has 0 saturated heterocycles. The third-order valence-corrected chi connectivity index (χ3v) is 4.14. The monoisotopic (exact) mass is 418 g/mol. The molecule has 0 bridgehead atoms. The van der Waals surface area contributed by atoms with E-state index >= 15 is 0 Å². The van der Waals surface area contributed by atoms with Gasteiger partial charge in [-0.25, -0.2) is 9.67 Å². The zero-order chi connectivity index (χ0) is 18.7. The molecule has 3 rings (SSSR count). The largest absolute Gasteiger partial charge is 0.345 e. The van der Waals surface area contributed by atoms with Crippen molar-refractivity contribution in [1.29, 1.82) is 0 Å². The van der Waals surface area contributed by atoms with Gasteiger partial charge in [-0.15, -0.1) is 0 Å². The van der Waals surface area contributed by atoms with Crippen molar-refractivity contribution < 1.29 is 9.59 Å². The van der Waals surface area contributed by atoms with Gasteiger partial charge in [-0.2, -0.15) is 5.10 Å². The van der Waals surface area contributed by atoms with Gasteiger partial charge < -0.3 is 10.6 Å². The summed E-state index contributed by atoms with van der Waals surface area (Å²) in [5.74, 6) is -0.836. The van der Waals surface area contributed by atoms with Crippen molar-refractivity contribution in [3.05, 3.63) is 51.6 Å². The van der Waals surface area contributed by atoms with Crippen molar-refractivity contribution in [3.63, 3.8) is 0 Å². The molecule has 2 N–H and O–H groups in total. The Morgan fingerprint density at radius 2 is 1.92 bits per heavy atom. The van der Waals surface area contributed by atoms with Gasteiger partial charge in [0, 0.05) is 12.7 Å². The number of anilines is 1. The molecule has 134 valence electrons. The Morgan fingerprint density at radius 1 is 1.19 bits per heavy atom. The minimum absolute atomic E-state index is 0.200. The van der Waals surface area contributed by atoms with Crippen molar-refractivity contribution in [3.8, 4) is 0 Å². The number of nitrogens with zero attached hydrogens (tertiary/aromatic N) is 4. The second-order valence-corrected chi connectivity index (χ2v) is 6.23. The molecule has 2 heterocycles. The second kappa shape index (κ2) is 7.48. The molecule has 0 spiro atoms. The normalized spacial score (nSPS) is 10.7. The molecule has 26 heavy (non-hydrogen) atoms. The lowest BCUT2D eigenvalue weighted by molar-refractivity contribution is -0.124. The summed E-state index contributed by atoms with van der Waals surface area (Å²) in [7, 11) is 1.67. The Hall–Kier alpha value is -3.01. The van der Waals surface area contributed by atoms with E-state index < -0.39 is 5.91 Å². The van der Waals surface area contributed by atoms with Gasteiger partial charge in [-0.1, -0.05) is 18.2 Å². The van der Waals surface area contributed by atoms with E-state index in [0.29, 0.717) is 21.3 Å². The van der Waals surface area contributed by atoms with E-state index in [0.717, 1.165) is 0 Å². The highest BCUT2D eigenvalue weighted by Gasteiger charge is 2.15. The molecule has 0 aliphatic heterocycles. The first-order chi connectivity index (χ1) is 12.5. The molecule has 0 atom stereocenters. The molecule has 2 amide bonds. The van der Waals surface area contributed by atoms with Crippen LogP contribution in [0.2, 0.25) is 0 Å². The zero-order valence-corrected chi connectivity index (χ0v) is 15.4. The van der Waals surface area contributed by atoms with E-state index in [1.54, 1.807) is 31.3 Å². The first kappa shape index (κ1) is 17.8. The zero-order valence-electron chi connectivity index (χ0n) is 13.8. The number of amides is 2. The number of carbonyl (C=O) groups is 2. The van der Waals surface area contributed by atoms with E-state index in [2.05, 4.69) is 36.6 Å². The summed E-state index contributed by atoms with van der Waals surface area (Å²) in [6.07, 6.45) is 1.28. The number of hydrogen-bond donors (Lipinski definition) is 2. The van der Waals surface area contributed by atoms with Gasteiger partial charge in [0.05, 0.1) is 6.54 Å². The number of fused-ring (bicyclic) bond motifs is 1. The summed E-state index contributed by atoms with van der Waals surface area (Å²) >= 11 is 3.21. The van der Waals surface area contributed by atoms with Crippen molar-refractivity contribution in [2.24, 2.45) is 7.05 Å². The number of rotatable bonds is 5. The lowest BCUT2D eigenvalue weighted by Crippen LogP contribution is -2.37. The fraction of sp³-hybridized carbons (Fsp3) is 0.188. The number of nitrogens with one attached hydrogen (secondary N) is 2. The molecule has 2 aromatic heterocycles. The molecule has 0 saturated carbocycles. The molecule has 1 aromatic carbocycles. The molecule has 3 aromatic rings. The van der Waals surface area contributed by atoms with Gasteiger partial charge in [0.1, 0.15) is 22.9 Å². The summed E-state index contributed by atoms with van der Waals surface area (Å²) in [5.41, 5.74) is 0.665. The Morgan fingerprint density at radius 3 is 2.65 bits per heavy atom. The van der Waals surface area contributed by atoms with Crippen LogP contribution in [0.5, 0.6) is 0 Å². The second-order valence-electron chi connectivity index (χ2n) is 5.48. The summed E-state index contributed by atoms with van der Waals surface area (Å²) in [6, 6.07) is 8.90. The van der Waals surface area contributed by atoms with Gasteiger partial charge >= 0.3 is 0 Å². The maximum Gasteiger partial charge on any atom is 0.266 e. The highest BCUT2D eigenvalue weighted by molar-refractivity contribution is 9.10. The number of aromatic nitrogens is 4. The fourth-order valence-electron chi connectivity index (χ4n) is 2.36. The SMILES string of the molecule is Cn1nc(Br)c2c(=O)n(CC(=O)NCC(=O)Nc3ccccc3)cnc21. The third kappa shape index (κ3) is 3.80. The summed E-state index contributed by atoms with van der Waals surface area (Å²) in [4.78, 5) is 40.5. The van der Waals surface area contributed by atoms with E-state index in [4.69, 9.17) is 0 Å². The average Bonchev–Trinajstić information content (AvgIpc) is 2.91. The Labute approximate surface area is 156 Å². The topological polar surface area (TPSA) is 111 Å². The van der Waals surface area contributed by atoms with Gasteiger partial charge in [-0.3, -0.25) is 19.0 Å². The Kier molecular flexibility index (Phi) is 5.12. The maximum atomic E-state index is 12.5. The van der Waals surface area contributed by atoms with Gasteiger partial charge in [0.25, 0.3) is 5.56 Å². The van der Waals surface area contributed by atoms with Crippen molar-refractivity contribution in [2.75, 3.05) is 11.9 Å². The number of benzene rings is 1. The minimum Gasteiger partial charge on any atom is -0.345 e. The molecule has 10 heteroatoms. The molecular weight excluding hydrogens is 404 g/mol. The molecule has 0 aliphatic carbocycles. The number of hydrogen-bond acceptors (Lipinski definition) is 5. The van der Waals surface area contributed by atoms with E-state index in [-0.39, 0.29) is 24.6 Å². The van der Waals surface area contributed by atoms with E-state index in [9.17, 15) is 14.4 Å². The molecule has 9 nitrogen and oxygen atoms in total. The highest BCUT2D eigenvalue weighted by atomic mass is 79.9. The predicted molar refractivity (Wildman–Crippen MR) is 98.6 cm³/mol. The van der Waals surface area contributed by atoms with Crippen LogP contribution in [0.3, 0.4) is 0 Å². The number of aryl methyl sites for hydroxylation is 1. The van der Waals surface area contributed by atoms with Gasteiger partial charge in [0.2, 0.25) is 11.8 Å². The first-order valence-electron chi connectivity index (χ1n) is 7.65. The number of halogens is 1. The van der Waals surface area contributed by atoms with Crippen LogP contribution in [0.1, 0.15) is 0 Å². The maximum absolute atomic E-state index is 12.5. The van der Waals surface area contributed by atoms with Crippen molar-refractivity contribution >= 4 is 44.5 Å². The van der Waals surface area contributed by atoms with Crippen LogP contribution in [0.25, 0.3) is 11.0 Å². The van der Waals surface area contributed by atoms with Crippen LogP contribution in [0, 0.1) is 0 Å². The lowest BCUT2D eigenvalue weighted by atomic mass is 10.3. The standard InChI is InChI=1S/C16H15BrN6O3/c1-22-15-13(14(17)21-22)16(26)23(9-19-15)8-12(25)18-7-11(24)20-10-5-3-2-4-6-10/h2-6,9H,7-8H2,1H3,(H,18,25)(H,20,24). The predicted octanol–water partition coefficient (Wildman–Crippen LogP) is 0.647. The molecule has 0 fully saturated rings. The number of para-hydroxylation sites is 1. The summed E-state index contributed by atoms with van der Waals surface area (Å²) in [6.45, 7) is -0.448. The van der Waals surface area contributed by atoms with E-state index in [1.165, 1.54) is 15.6 Å². The number of carbonyl (C=O) groups excluding carboxylic acids is 2. The highest BCUT2D eigenvalue weighted by Crippen LogP contribution is 2.16. The lowest BCUT2D eigenvalue weighted by Gasteiger charge is -2.08.